The second-order valence-electron chi connectivity index (χ2n) is 4.90. The van der Waals surface area contributed by atoms with E-state index >= 15 is 0 Å². The van der Waals surface area contributed by atoms with Crippen molar-refractivity contribution in [1.29, 1.82) is 0 Å². The van der Waals surface area contributed by atoms with Crippen LogP contribution in [0.25, 0.3) is 0 Å². The summed E-state index contributed by atoms with van der Waals surface area (Å²) in [4.78, 5) is 10.7. The van der Waals surface area contributed by atoms with Crippen molar-refractivity contribution in [2.75, 3.05) is 13.1 Å². The van der Waals surface area contributed by atoms with Gasteiger partial charge >= 0.3 is 0 Å². The molecule has 2 heterocycles. The molecular formula is C16H22N4. The van der Waals surface area contributed by atoms with Crippen molar-refractivity contribution in [3.05, 3.63) is 59.7 Å². The van der Waals surface area contributed by atoms with Gasteiger partial charge in [-0.2, -0.15) is 0 Å². The third-order valence-electron chi connectivity index (χ3n) is 3.64. The average Bonchev–Trinajstić information content (AvgIpc) is 2.49. The standard InChI is InChI=1S/C16H22N4/c1-3-20(12-14-5-8-18-9-6-14)16(10-17)15-11-19-7-4-13(15)2/h4-9,11,16H,3,10,12,17H2,1-2H3. The summed E-state index contributed by atoms with van der Waals surface area (Å²) in [5, 5.41) is 0. The van der Waals surface area contributed by atoms with Crippen molar-refractivity contribution >= 4 is 0 Å². The van der Waals surface area contributed by atoms with Gasteiger partial charge in [0.15, 0.2) is 0 Å². The molecule has 2 aromatic heterocycles. The number of nitrogens with two attached hydrogens (primary N) is 1. The van der Waals surface area contributed by atoms with Gasteiger partial charge in [0.1, 0.15) is 0 Å². The summed E-state index contributed by atoms with van der Waals surface area (Å²) >= 11 is 0. The van der Waals surface area contributed by atoms with Gasteiger partial charge in [0.25, 0.3) is 0 Å². The number of rotatable bonds is 6. The van der Waals surface area contributed by atoms with Crippen molar-refractivity contribution in [3.8, 4) is 0 Å². The largest absolute Gasteiger partial charge is 0.329 e. The predicted octanol–water partition coefficient (Wildman–Crippen LogP) is 2.31. The molecule has 0 spiro atoms. The van der Waals surface area contributed by atoms with Crippen molar-refractivity contribution < 1.29 is 0 Å². The van der Waals surface area contributed by atoms with Crippen LogP contribution in [-0.2, 0) is 6.54 Å². The van der Waals surface area contributed by atoms with Gasteiger partial charge in [-0.1, -0.05) is 6.92 Å². The molecule has 1 atom stereocenters. The highest BCUT2D eigenvalue weighted by Gasteiger charge is 2.19. The molecular weight excluding hydrogens is 248 g/mol. The fourth-order valence-corrected chi connectivity index (χ4v) is 2.46. The number of aromatic nitrogens is 2. The molecule has 0 amide bonds. The van der Waals surface area contributed by atoms with E-state index in [4.69, 9.17) is 5.73 Å². The second-order valence-corrected chi connectivity index (χ2v) is 4.90. The number of aryl methyl sites for hydroxylation is 1. The molecule has 0 radical (unpaired) electrons. The van der Waals surface area contributed by atoms with Gasteiger partial charge in [0.2, 0.25) is 0 Å². The van der Waals surface area contributed by atoms with E-state index in [1.54, 1.807) is 0 Å². The first kappa shape index (κ1) is 14.6. The van der Waals surface area contributed by atoms with Crippen LogP contribution < -0.4 is 5.73 Å². The number of hydrogen-bond donors (Lipinski definition) is 1. The Morgan fingerprint density at radius 1 is 1.15 bits per heavy atom. The molecule has 0 aromatic carbocycles. The Kier molecular flexibility index (Phi) is 5.21. The molecule has 2 aromatic rings. The van der Waals surface area contributed by atoms with Crippen molar-refractivity contribution in [2.24, 2.45) is 5.73 Å². The molecule has 0 aliphatic heterocycles. The molecule has 0 saturated carbocycles. The predicted molar refractivity (Wildman–Crippen MR) is 81.1 cm³/mol. The lowest BCUT2D eigenvalue weighted by Crippen LogP contribution is -2.33. The van der Waals surface area contributed by atoms with Crippen LogP contribution in [0, 0.1) is 6.92 Å². The van der Waals surface area contributed by atoms with E-state index in [0.717, 1.165) is 13.1 Å². The van der Waals surface area contributed by atoms with Crippen LogP contribution in [0.3, 0.4) is 0 Å². The first-order valence-corrected chi connectivity index (χ1v) is 6.99. The average molecular weight is 270 g/mol. The van der Waals surface area contributed by atoms with E-state index in [1.165, 1.54) is 16.7 Å². The highest BCUT2D eigenvalue weighted by molar-refractivity contribution is 5.26. The van der Waals surface area contributed by atoms with Gasteiger partial charge in [-0.3, -0.25) is 14.9 Å². The first-order valence-electron chi connectivity index (χ1n) is 6.99. The van der Waals surface area contributed by atoms with Gasteiger partial charge in [-0.25, -0.2) is 0 Å². The maximum atomic E-state index is 6.02. The van der Waals surface area contributed by atoms with Crippen molar-refractivity contribution in [2.45, 2.75) is 26.4 Å². The van der Waals surface area contributed by atoms with Crippen LogP contribution >= 0.6 is 0 Å². The maximum absolute atomic E-state index is 6.02. The monoisotopic (exact) mass is 270 g/mol. The third-order valence-corrected chi connectivity index (χ3v) is 3.64. The van der Waals surface area contributed by atoms with Crippen molar-refractivity contribution in [1.82, 2.24) is 14.9 Å². The molecule has 1 unspecified atom stereocenters. The quantitative estimate of drug-likeness (QED) is 0.875. The van der Waals surface area contributed by atoms with Crippen LogP contribution in [0.1, 0.15) is 29.7 Å². The number of likely N-dealkylation sites (N-methyl/N-ethyl adjacent to an activating group) is 1. The van der Waals surface area contributed by atoms with Gasteiger partial charge in [0.05, 0.1) is 0 Å². The first-order chi connectivity index (χ1) is 9.76. The summed E-state index contributed by atoms with van der Waals surface area (Å²) in [6.07, 6.45) is 7.42. The maximum Gasteiger partial charge on any atom is 0.0491 e. The van der Waals surface area contributed by atoms with Crippen molar-refractivity contribution in [3.63, 3.8) is 0 Å². The second kappa shape index (κ2) is 7.12. The van der Waals surface area contributed by atoms with E-state index in [1.807, 2.05) is 43.0 Å². The molecule has 4 heteroatoms. The van der Waals surface area contributed by atoms with E-state index in [-0.39, 0.29) is 6.04 Å². The van der Waals surface area contributed by atoms with Crippen LogP contribution in [0.2, 0.25) is 0 Å². The highest BCUT2D eigenvalue weighted by Crippen LogP contribution is 2.23. The van der Waals surface area contributed by atoms with E-state index in [9.17, 15) is 0 Å². The molecule has 106 valence electrons. The normalized spacial score (nSPS) is 12.6. The minimum absolute atomic E-state index is 0.196. The van der Waals surface area contributed by atoms with Crippen LogP contribution in [-0.4, -0.2) is 28.0 Å². The molecule has 0 aliphatic rings. The van der Waals surface area contributed by atoms with E-state index < -0.39 is 0 Å². The van der Waals surface area contributed by atoms with Gasteiger partial charge in [-0.15, -0.1) is 0 Å². The minimum Gasteiger partial charge on any atom is -0.329 e. The summed E-state index contributed by atoms with van der Waals surface area (Å²) in [6, 6.07) is 6.33. The van der Waals surface area contributed by atoms with E-state index in [2.05, 4.69) is 28.7 Å². The zero-order valence-electron chi connectivity index (χ0n) is 12.2. The fourth-order valence-electron chi connectivity index (χ4n) is 2.46. The zero-order chi connectivity index (χ0) is 14.4. The topological polar surface area (TPSA) is 55.0 Å². The summed E-state index contributed by atoms with van der Waals surface area (Å²) in [5.41, 5.74) is 9.73. The Balaban J connectivity index is 2.22. The smallest absolute Gasteiger partial charge is 0.0491 e. The van der Waals surface area contributed by atoms with Gasteiger partial charge in [-0.05, 0) is 48.4 Å². The Morgan fingerprint density at radius 2 is 1.85 bits per heavy atom. The molecule has 20 heavy (non-hydrogen) atoms. The lowest BCUT2D eigenvalue weighted by molar-refractivity contribution is 0.202. The molecule has 2 rings (SSSR count). The lowest BCUT2D eigenvalue weighted by atomic mass is 10.0. The summed E-state index contributed by atoms with van der Waals surface area (Å²) in [7, 11) is 0. The number of hydrogen-bond acceptors (Lipinski definition) is 4. The molecule has 0 bridgehead atoms. The SMILES string of the molecule is CCN(Cc1ccncc1)C(CN)c1cnccc1C. The summed E-state index contributed by atoms with van der Waals surface area (Å²) < 4.78 is 0. The van der Waals surface area contributed by atoms with E-state index in [0.29, 0.717) is 6.54 Å². The lowest BCUT2D eigenvalue weighted by Gasteiger charge is -2.31. The summed E-state index contributed by atoms with van der Waals surface area (Å²) in [6.45, 7) is 6.68. The Morgan fingerprint density at radius 3 is 2.45 bits per heavy atom. The van der Waals surface area contributed by atoms with Crippen LogP contribution in [0.15, 0.2) is 43.0 Å². The number of pyridine rings is 2. The molecule has 4 nitrogen and oxygen atoms in total. The summed E-state index contributed by atoms with van der Waals surface area (Å²) in [5.74, 6) is 0. The molecule has 0 saturated heterocycles. The van der Waals surface area contributed by atoms with Gasteiger partial charge in [0, 0.05) is 43.9 Å². The minimum atomic E-state index is 0.196. The zero-order valence-corrected chi connectivity index (χ0v) is 12.2. The van der Waals surface area contributed by atoms with Gasteiger partial charge < -0.3 is 5.73 Å². The Bertz CT molecular complexity index is 527. The molecule has 2 N–H and O–H groups in total. The highest BCUT2D eigenvalue weighted by atomic mass is 15.2. The Hall–Kier alpha value is -1.78. The Labute approximate surface area is 120 Å². The third kappa shape index (κ3) is 3.40. The van der Waals surface area contributed by atoms with Crippen LogP contribution in [0.5, 0.6) is 0 Å². The molecule has 0 fully saturated rings. The van der Waals surface area contributed by atoms with Crippen LogP contribution in [0.4, 0.5) is 0 Å². The number of nitrogens with zero attached hydrogens (tertiary/aromatic N) is 3. The fraction of sp³-hybridized carbons (Fsp3) is 0.375. The molecule has 0 aliphatic carbocycles.